The fourth-order valence-electron chi connectivity index (χ4n) is 5.72. The van der Waals surface area contributed by atoms with Gasteiger partial charge in [0.25, 0.3) is 0 Å². The van der Waals surface area contributed by atoms with E-state index < -0.39 is 6.04 Å². The zero-order valence-corrected chi connectivity index (χ0v) is 18.1. The van der Waals surface area contributed by atoms with E-state index in [0.29, 0.717) is 31.4 Å². The Hall–Kier alpha value is -2.97. The molecule has 5 heterocycles. The molecule has 0 radical (unpaired) electrons. The van der Waals surface area contributed by atoms with Gasteiger partial charge < -0.3 is 15.1 Å². The number of nitrogens with zero attached hydrogens (tertiary/aromatic N) is 6. The van der Waals surface area contributed by atoms with E-state index in [0.717, 1.165) is 37.1 Å². The lowest BCUT2D eigenvalue weighted by Gasteiger charge is -2.55. The van der Waals surface area contributed by atoms with Gasteiger partial charge in [0.15, 0.2) is 0 Å². The summed E-state index contributed by atoms with van der Waals surface area (Å²) in [6.45, 7) is 3.87. The first-order chi connectivity index (χ1) is 15.0. The van der Waals surface area contributed by atoms with Crippen molar-refractivity contribution in [2.24, 2.45) is 18.9 Å². The number of aryl methyl sites for hydroxylation is 2. The Labute approximate surface area is 181 Å². The summed E-state index contributed by atoms with van der Waals surface area (Å²) in [5, 5.41) is 7.45. The predicted octanol–water partition coefficient (Wildman–Crippen LogP) is 1.04. The summed E-state index contributed by atoms with van der Waals surface area (Å²) in [5.74, 6) is 1.17. The standard InChI is InChI=1S/C22H29N7O2/c1-14-17(11-27(2)26-14)10-25-21(31)20-16-9-15(18-5-3-6-19(30)29(18)20)12-28(13-16)22-23-7-4-8-24-22/h4,7-8,11,15-16,18,20H,3,5-6,9-10,12-13H2,1-2H3,(H,25,31)/t15-,16+,18+,20-/m1/s1. The second-order valence-corrected chi connectivity index (χ2v) is 9.05. The SMILES string of the molecule is Cc1nn(C)cc1CNC(=O)[C@H]1[C@H]2C[C@H](CN(c3ncccn3)C2)[C@@H]2CCCC(=O)N21. The zero-order chi connectivity index (χ0) is 21.5. The first-order valence-electron chi connectivity index (χ1n) is 11.1. The number of carbonyl (C=O) groups is 2. The quantitative estimate of drug-likeness (QED) is 0.789. The van der Waals surface area contributed by atoms with E-state index in [1.807, 2.05) is 31.1 Å². The van der Waals surface area contributed by atoms with Gasteiger partial charge in [-0.15, -0.1) is 0 Å². The maximum Gasteiger partial charge on any atom is 0.243 e. The maximum atomic E-state index is 13.5. The molecule has 5 rings (SSSR count). The topological polar surface area (TPSA) is 96.2 Å². The van der Waals surface area contributed by atoms with Crippen molar-refractivity contribution in [3.63, 3.8) is 0 Å². The van der Waals surface area contributed by atoms with Crippen LogP contribution in [0.2, 0.25) is 0 Å². The summed E-state index contributed by atoms with van der Waals surface area (Å²) in [6.07, 6.45) is 8.78. The second-order valence-electron chi connectivity index (χ2n) is 9.05. The Kier molecular flexibility index (Phi) is 5.11. The average Bonchev–Trinajstić information content (AvgIpc) is 3.10. The van der Waals surface area contributed by atoms with Crippen molar-refractivity contribution in [1.82, 2.24) is 30.0 Å². The highest BCUT2D eigenvalue weighted by Crippen LogP contribution is 2.42. The highest BCUT2D eigenvalue weighted by atomic mass is 16.2. The van der Waals surface area contributed by atoms with E-state index in [-0.39, 0.29) is 23.8 Å². The molecule has 0 unspecified atom stereocenters. The third-order valence-electron chi connectivity index (χ3n) is 7.01. The highest BCUT2D eigenvalue weighted by molar-refractivity contribution is 5.89. The molecule has 9 nitrogen and oxygen atoms in total. The normalized spacial score (nSPS) is 27.7. The third kappa shape index (κ3) is 3.66. The molecule has 31 heavy (non-hydrogen) atoms. The van der Waals surface area contributed by atoms with Crippen LogP contribution < -0.4 is 10.2 Å². The molecule has 3 saturated heterocycles. The fraction of sp³-hybridized carbons (Fsp3) is 0.591. The van der Waals surface area contributed by atoms with E-state index >= 15 is 0 Å². The van der Waals surface area contributed by atoms with E-state index in [9.17, 15) is 9.59 Å². The number of anilines is 1. The molecule has 4 atom stereocenters. The smallest absolute Gasteiger partial charge is 0.243 e. The summed E-state index contributed by atoms with van der Waals surface area (Å²) in [5.41, 5.74) is 1.90. The van der Waals surface area contributed by atoms with E-state index in [4.69, 9.17) is 0 Å². The van der Waals surface area contributed by atoms with Crippen LogP contribution in [0.5, 0.6) is 0 Å². The van der Waals surface area contributed by atoms with Gasteiger partial charge in [-0.05, 0) is 38.2 Å². The monoisotopic (exact) mass is 423 g/mol. The molecule has 2 aromatic heterocycles. The number of nitrogens with one attached hydrogen (secondary N) is 1. The van der Waals surface area contributed by atoms with Gasteiger partial charge >= 0.3 is 0 Å². The minimum Gasteiger partial charge on any atom is -0.350 e. The molecule has 0 aromatic carbocycles. The molecule has 0 spiro atoms. The summed E-state index contributed by atoms with van der Waals surface area (Å²) in [6, 6.07) is 1.48. The van der Waals surface area contributed by atoms with E-state index in [1.165, 1.54) is 0 Å². The molecule has 3 aliphatic rings. The Morgan fingerprint density at radius 2 is 2.00 bits per heavy atom. The van der Waals surface area contributed by atoms with Crippen LogP contribution in [0.3, 0.4) is 0 Å². The van der Waals surface area contributed by atoms with Crippen molar-refractivity contribution >= 4 is 17.8 Å². The summed E-state index contributed by atoms with van der Waals surface area (Å²) < 4.78 is 1.76. The molecule has 3 fully saturated rings. The lowest BCUT2D eigenvalue weighted by molar-refractivity contribution is -0.156. The fourth-order valence-corrected chi connectivity index (χ4v) is 5.72. The van der Waals surface area contributed by atoms with Crippen LogP contribution in [0.1, 0.15) is 36.9 Å². The van der Waals surface area contributed by atoms with Crippen molar-refractivity contribution in [3.05, 3.63) is 35.9 Å². The van der Waals surface area contributed by atoms with Gasteiger partial charge in [0.2, 0.25) is 17.8 Å². The van der Waals surface area contributed by atoms with Gasteiger partial charge in [-0.25, -0.2) is 9.97 Å². The third-order valence-corrected chi connectivity index (χ3v) is 7.01. The van der Waals surface area contributed by atoms with Crippen molar-refractivity contribution < 1.29 is 9.59 Å². The van der Waals surface area contributed by atoms with Crippen molar-refractivity contribution in [2.75, 3.05) is 18.0 Å². The molecule has 0 saturated carbocycles. The Morgan fingerprint density at radius 1 is 1.23 bits per heavy atom. The van der Waals surface area contributed by atoms with Gasteiger partial charge in [-0.2, -0.15) is 5.10 Å². The van der Waals surface area contributed by atoms with Gasteiger partial charge in [0.05, 0.1) is 5.69 Å². The van der Waals surface area contributed by atoms with Crippen molar-refractivity contribution in [2.45, 2.75) is 51.2 Å². The van der Waals surface area contributed by atoms with Crippen LogP contribution in [0.15, 0.2) is 24.7 Å². The second kappa shape index (κ2) is 7.94. The van der Waals surface area contributed by atoms with Gasteiger partial charge in [-0.1, -0.05) is 0 Å². The number of carbonyl (C=O) groups excluding carboxylic acids is 2. The van der Waals surface area contributed by atoms with E-state index in [2.05, 4.69) is 25.3 Å². The molecular weight excluding hydrogens is 394 g/mol. The Bertz CT molecular complexity index is 975. The first kappa shape index (κ1) is 20.0. The summed E-state index contributed by atoms with van der Waals surface area (Å²) in [7, 11) is 1.87. The number of rotatable bonds is 4. The van der Waals surface area contributed by atoms with E-state index in [1.54, 1.807) is 17.1 Å². The molecule has 164 valence electrons. The first-order valence-corrected chi connectivity index (χ1v) is 11.1. The lowest BCUT2D eigenvalue weighted by atomic mass is 9.72. The minimum atomic E-state index is -0.447. The van der Waals surface area contributed by atoms with Crippen LogP contribution in [0, 0.1) is 18.8 Å². The molecule has 2 aromatic rings. The van der Waals surface area contributed by atoms with Gasteiger partial charge in [0, 0.05) is 69.2 Å². The predicted molar refractivity (Wildman–Crippen MR) is 114 cm³/mol. The number of piperidine rings is 3. The van der Waals surface area contributed by atoms with Gasteiger partial charge in [-0.3, -0.25) is 14.3 Å². The average molecular weight is 424 g/mol. The lowest BCUT2D eigenvalue weighted by Crippen LogP contribution is -2.68. The van der Waals surface area contributed by atoms with Crippen LogP contribution in [0.4, 0.5) is 5.95 Å². The number of hydrogen-bond acceptors (Lipinski definition) is 6. The summed E-state index contributed by atoms with van der Waals surface area (Å²) >= 11 is 0. The maximum absolute atomic E-state index is 13.5. The molecule has 3 aliphatic heterocycles. The van der Waals surface area contributed by atoms with Crippen molar-refractivity contribution in [3.8, 4) is 0 Å². The molecule has 2 amide bonds. The largest absolute Gasteiger partial charge is 0.350 e. The minimum absolute atomic E-state index is 0.0656. The highest BCUT2D eigenvalue weighted by Gasteiger charge is 2.52. The number of amides is 2. The molecular formula is C22H29N7O2. The zero-order valence-electron chi connectivity index (χ0n) is 18.1. The van der Waals surface area contributed by atoms with Gasteiger partial charge in [0.1, 0.15) is 6.04 Å². The number of hydrogen-bond donors (Lipinski definition) is 1. The summed E-state index contributed by atoms with van der Waals surface area (Å²) in [4.78, 5) is 39.4. The molecule has 2 bridgehead atoms. The van der Waals surface area contributed by atoms with Crippen LogP contribution >= 0.6 is 0 Å². The van der Waals surface area contributed by atoms with Crippen molar-refractivity contribution in [1.29, 1.82) is 0 Å². The Morgan fingerprint density at radius 3 is 2.74 bits per heavy atom. The van der Waals surface area contributed by atoms with Crippen LogP contribution in [-0.2, 0) is 23.2 Å². The van der Waals surface area contributed by atoms with Crippen LogP contribution in [-0.4, -0.2) is 61.6 Å². The number of fused-ring (bicyclic) bond motifs is 4. The van der Waals surface area contributed by atoms with Crippen LogP contribution in [0.25, 0.3) is 0 Å². The number of aromatic nitrogens is 4. The Balaban J connectivity index is 1.40. The molecule has 0 aliphatic carbocycles. The molecule has 9 heteroatoms. The molecule has 1 N–H and O–H groups in total.